The molecule has 2 amide bonds. The highest BCUT2D eigenvalue weighted by Crippen LogP contribution is 2.12. The van der Waals surface area contributed by atoms with Gasteiger partial charge >= 0.3 is 0 Å². The number of nitrogens with zero attached hydrogens (tertiary/aromatic N) is 1. The largest absolute Gasteiger partial charge is 0.344 e. The average molecular weight is 307 g/mol. The molecular formula is C12H23BrN2O2. The van der Waals surface area contributed by atoms with E-state index in [9.17, 15) is 9.59 Å². The Morgan fingerprint density at radius 1 is 1.18 bits per heavy atom. The summed E-state index contributed by atoms with van der Waals surface area (Å²) in [6.07, 6.45) is 0. The number of likely N-dealkylation sites (N-methyl/N-ethyl adjacent to an activating group) is 1. The summed E-state index contributed by atoms with van der Waals surface area (Å²) in [5, 5.41) is 2.73. The molecular weight excluding hydrogens is 284 g/mol. The Morgan fingerprint density at radius 3 is 2.00 bits per heavy atom. The fraction of sp³-hybridized carbons (Fsp3) is 0.833. The summed E-state index contributed by atoms with van der Waals surface area (Å²) >= 11 is 3.32. The van der Waals surface area contributed by atoms with Crippen molar-refractivity contribution in [3.8, 4) is 0 Å². The molecule has 0 fully saturated rings. The minimum Gasteiger partial charge on any atom is -0.344 e. The van der Waals surface area contributed by atoms with Crippen molar-refractivity contribution in [2.24, 2.45) is 5.92 Å². The summed E-state index contributed by atoms with van der Waals surface area (Å²) in [5.41, 5.74) is 0. The van der Waals surface area contributed by atoms with Gasteiger partial charge in [0.05, 0.1) is 4.83 Å². The third-order valence-electron chi connectivity index (χ3n) is 2.64. The van der Waals surface area contributed by atoms with Gasteiger partial charge in [-0.2, -0.15) is 0 Å². The third-order valence-corrected chi connectivity index (χ3v) is 4.11. The zero-order valence-electron chi connectivity index (χ0n) is 11.3. The Kier molecular flexibility index (Phi) is 7.43. The van der Waals surface area contributed by atoms with Crippen molar-refractivity contribution in [3.05, 3.63) is 0 Å². The minimum absolute atomic E-state index is 0.0354. The van der Waals surface area contributed by atoms with Crippen LogP contribution in [0.2, 0.25) is 0 Å². The van der Waals surface area contributed by atoms with Gasteiger partial charge in [-0.15, -0.1) is 0 Å². The number of alkyl halides is 1. The summed E-state index contributed by atoms with van der Waals surface area (Å²) < 4.78 is 0. The van der Waals surface area contributed by atoms with Crippen LogP contribution in [-0.4, -0.2) is 40.7 Å². The highest BCUT2D eigenvalue weighted by molar-refractivity contribution is 9.10. The number of amides is 2. The summed E-state index contributed by atoms with van der Waals surface area (Å²) in [6, 6.07) is -0.471. The lowest BCUT2D eigenvalue weighted by Crippen LogP contribution is -2.49. The van der Waals surface area contributed by atoms with Crippen LogP contribution < -0.4 is 5.32 Å². The van der Waals surface area contributed by atoms with Crippen LogP contribution in [-0.2, 0) is 9.59 Å². The van der Waals surface area contributed by atoms with Gasteiger partial charge < -0.3 is 10.2 Å². The molecule has 0 saturated heterocycles. The van der Waals surface area contributed by atoms with Crippen molar-refractivity contribution in [1.82, 2.24) is 10.2 Å². The van der Waals surface area contributed by atoms with Gasteiger partial charge in [-0.05, 0) is 26.7 Å². The summed E-state index contributed by atoms with van der Waals surface area (Å²) in [6.45, 7) is 10.8. The first-order valence-corrected chi connectivity index (χ1v) is 6.99. The van der Waals surface area contributed by atoms with E-state index < -0.39 is 6.04 Å². The molecule has 4 nitrogen and oxygen atoms in total. The molecule has 2 atom stereocenters. The molecule has 0 aromatic carbocycles. The Hall–Kier alpha value is -0.580. The molecule has 0 aromatic rings. The monoisotopic (exact) mass is 306 g/mol. The second kappa shape index (κ2) is 7.69. The molecule has 17 heavy (non-hydrogen) atoms. The smallest absolute Gasteiger partial charge is 0.244 e. The van der Waals surface area contributed by atoms with E-state index in [-0.39, 0.29) is 22.6 Å². The first kappa shape index (κ1) is 16.4. The highest BCUT2D eigenvalue weighted by atomic mass is 79.9. The first-order chi connectivity index (χ1) is 7.84. The predicted octanol–water partition coefficient (Wildman–Crippen LogP) is 1.78. The van der Waals surface area contributed by atoms with Crippen LogP contribution in [0.3, 0.4) is 0 Å². The second-order valence-corrected chi connectivity index (χ2v) is 5.37. The molecule has 0 aromatic heterocycles. The maximum absolute atomic E-state index is 11.9. The number of hydrogen-bond acceptors (Lipinski definition) is 2. The Balaban J connectivity index is 4.39. The fourth-order valence-electron chi connectivity index (χ4n) is 1.47. The summed E-state index contributed by atoms with van der Waals surface area (Å²) in [4.78, 5) is 25.2. The van der Waals surface area contributed by atoms with E-state index in [0.29, 0.717) is 13.1 Å². The van der Waals surface area contributed by atoms with Crippen LogP contribution in [0, 0.1) is 5.92 Å². The number of rotatable bonds is 6. The molecule has 2 unspecified atom stereocenters. The van der Waals surface area contributed by atoms with E-state index in [4.69, 9.17) is 0 Å². The second-order valence-electron chi connectivity index (χ2n) is 4.39. The van der Waals surface area contributed by atoms with Crippen LogP contribution in [0.5, 0.6) is 0 Å². The molecule has 0 bridgehead atoms. The number of hydrogen-bond donors (Lipinski definition) is 1. The van der Waals surface area contributed by atoms with Gasteiger partial charge in [0.1, 0.15) is 6.04 Å². The lowest BCUT2D eigenvalue weighted by Gasteiger charge is -2.24. The molecule has 0 aliphatic rings. The molecule has 100 valence electrons. The number of carbonyl (C=O) groups excluding carboxylic acids is 2. The van der Waals surface area contributed by atoms with Gasteiger partial charge in [0.25, 0.3) is 0 Å². The maximum Gasteiger partial charge on any atom is 0.244 e. The van der Waals surface area contributed by atoms with Crippen LogP contribution >= 0.6 is 15.9 Å². The van der Waals surface area contributed by atoms with Crippen LogP contribution in [0.15, 0.2) is 0 Å². The Bertz CT molecular complexity index is 265. The summed E-state index contributed by atoms with van der Waals surface area (Å²) in [7, 11) is 0. The zero-order chi connectivity index (χ0) is 13.6. The van der Waals surface area contributed by atoms with E-state index in [0.717, 1.165) is 0 Å². The SMILES string of the molecule is CCN(CC)C(=O)C(C)NC(=O)C(Br)C(C)C. The molecule has 0 radical (unpaired) electrons. The fourth-order valence-corrected chi connectivity index (χ4v) is 1.60. The van der Waals surface area contributed by atoms with Crippen molar-refractivity contribution in [2.45, 2.75) is 45.5 Å². The highest BCUT2D eigenvalue weighted by Gasteiger charge is 2.24. The predicted molar refractivity (Wildman–Crippen MR) is 73.1 cm³/mol. The van der Waals surface area contributed by atoms with Gasteiger partial charge in [0.2, 0.25) is 11.8 Å². The van der Waals surface area contributed by atoms with Crippen LogP contribution in [0.4, 0.5) is 0 Å². The van der Waals surface area contributed by atoms with Crippen LogP contribution in [0.1, 0.15) is 34.6 Å². The Labute approximate surface area is 112 Å². The van der Waals surface area contributed by atoms with Crippen molar-refractivity contribution < 1.29 is 9.59 Å². The average Bonchev–Trinajstić information content (AvgIpc) is 2.28. The van der Waals surface area contributed by atoms with Gasteiger partial charge in [0.15, 0.2) is 0 Å². The normalized spacial score (nSPS) is 14.3. The van der Waals surface area contributed by atoms with Gasteiger partial charge in [-0.3, -0.25) is 9.59 Å². The van der Waals surface area contributed by atoms with Crippen molar-refractivity contribution in [1.29, 1.82) is 0 Å². The maximum atomic E-state index is 11.9. The van der Waals surface area contributed by atoms with Gasteiger partial charge in [0, 0.05) is 13.1 Å². The molecule has 5 heteroatoms. The number of halogens is 1. The van der Waals surface area contributed by atoms with Gasteiger partial charge in [-0.25, -0.2) is 0 Å². The molecule has 0 spiro atoms. The van der Waals surface area contributed by atoms with Gasteiger partial charge in [-0.1, -0.05) is 29.8 Å². The molecule has 0 heterocycles. The lowest BCUT2D eigenvalue weighted by atomic mass is 10.1. The van der Waals surface area contributed by atoms with Crippen molar-refractivity contribution >= 4 is 27.7 Å². The lowest BCUT2D eigenvalue weighted by molar-refractivity contribution is -0.135. The molecule has 0 rings (SSSR count). The van der Waals surface area contributed by atoms with E-state index in [1.165, 1.54) is 0 Å². The molecule has 0 saturated carbocycles. The molecule has 0 aliphatic carbocycles. The van der Waals surface area contributed by atoms with Crippen molar-refractivity contribution in [3.63, 3.8) is 0 Å². The number of carbonyl (C=O) groups is 2. The van der Waals surface area contributed by atoms with Crippen molar-refractivity contribution in [2.75, 3.05) is 13.1 Å². The third kappa shape index (κ3) is 5.06. The first-order valence-electron chi connectivity index (χ1n) is 6.08. The van der Waals surface area contributed by atoms with E-state index in [1.807, 2.05) is 27.7 Å². The van der Waals surface area contributed by atoms with E-state index >= 15 is 0 Å². The van der Waals surface area contributed by atoms with E-state index in [2.05, 4.69) is 21.2 Å². The number of nitrogens with one attached hydrogen (secondary N) is 1. The molecule has 0 aliphatic heterocycles. The molecule has 1 N–H and O–H groups in total. The van der Waals surface area contributed by atoms with E-state index in [1.54, 1.807) is 11.8 Å². The minimum atomic E-state index is -0.471. The zero-order valence-corrected chi connectivity index (χ0v) is 12.9. The van der Waals surface area contributed by atoms with Crippen LogP contribution in [0.25, 0.3) is 0 Å². The topological polar surface area (TPSA) is 49.4 Å². The standard InChI is InChI=1S/C12H23BrN2O2/c1-6-15(7-2)12(17)9(5)14-11(16)10(13)8(3)4/h8-10H,6-7H2,1-5H3,(H,14,16). The quantitative estimate of drug-likeness (QED) is 0.761. The summed E-state index contributed by atoms with van der Waals surface area (Å²) in [5.74, 6) is 0.0329. The Morgan fingerprint density at radius 2 is 1.65 bits per heavy atom.